The Morgan fingerprint density at radius 3 is 2.75 bits per heavy atom. The van der Waals surface area contributed by atoms with Crippen molar-refractivity contribution < 1.29 is 9.72 Å². The van der Waals surface area contributed by atoms with Crippen LogP contribution in [0.2, 0.25) is 0 Å². The van der Waals surface area contributed by atoms with Crippen LogP contribution in [0.3, 0.4) is 0 Å². The summed E-state index contributed by atoms with van der Waals surface area (Å²) in [5, 5.41) is 10.9. The van der Waals surface area contributed by atoms with E-state index in [0.717, 1.165) is 24.9 Å². The minimum atomic E-state index is -0.432. The van der Waals surface area contributed by atoms with Crippen LogP contribution in [0, 0.1) is 10.1 Å². The van der Waals surface area contributed by atoms with E-state index >= 15 is 0 Å². The Morgan fingerprint density at radius 1 is 1.50 bits per heavy atom. The zero-order chi connectivity index (χ0) is 15.1. The minimum absolute atomic E-state index is 0.0250. The molecule has 0 fully saturated rings. The molecule has 110 valence electrons. The number of nitrogens with zero attached hydrogens (tertiary/aromatic N) is 2. The third kappa shape index (κ3) is 4.90. The van der Waals surface area contributed by atoms with Crippen molar-refractivity contribution >= 4 is 27.5 Å². The van der Waals surface area contributed by atoms with Gasteiger partial charge >= 0.3 is 0 Å². The summed E-state index contributed by atoms with van der Waals surface area (Å²) >= 11 is 3.26. The Kier molecular flexibility index (Phi) is 6.60. The van der Waals surface area contributed by atoms with E-state index in [1.807, 2.05) is 4.90 Å². The van der Waals surface area contributed by atoms with Crippen molar-refractivity contribution in [3.05, 3.63) is 38.3 Å². The van der Waals surface area contributed by atoms with Gasteiger partial charge in [-0.1, -0.05) is 25.5 Å². The van der Waals surface area contributed by atoms with E-state index in [4.69, 9.17) is 5.73 Å². The zero-order valence-electron chi connectivity index (χ0n) is 11.3. The molecule has 0 bridgehead atoms. The molecular formula is C13H18BrN3O3. The number of amides is 1. The van der Waals surface area contributed by atoms with Gasteiger partial charge in [0.25, 0.3) is 5.69 Å². The molecule has 0 radical (unpaired) electrons. The number of nitro groups is 1. The second kappa shape index (κ2) is 7.96. The minimum Gasteiger partial charge on any atom is -0.369 e. The van der Waals surface area contributed by atoms with Crippen LogP contribution in [-0.4, -0.2) is 28.8 Å². The molecule has 0 unspecified atom stereocenters. The van der Waals surface area contributed by atoms with Crippen LogP contribution in [0.25, 0.3) is 0 Å². The van der Waals surface area contributed by atoms with E-state index in [0.29, 0.717) is 11.0 Å². The molecule has 0 saturated heterocycles. The highest BCUT2D eigenvalue weighted by Gasteiger charge is 2.17. The summed E-state index contributed by atoms with van der Waals surface area (Å²) in [6.07, 6.45) is 1.95. The summed E-state index contributed by atoms with van der Waals surface area (Å²) in [4.78, 5) is 23.4. The third-order valence-electron chi connectivity index (χ3n) is 2.86. The van der Waals surface area contributed by atoms with Gasteiger partial charge in [0.2, 0.25) is 5.91 Å². The summed E-state index contributed by atoms with van der Waals surface area (Å²) in [5.74, 6) is -0.400. The molecule has 0 saturated carbocycles. The summed E-state index contributed by atoms with van der Waals surface area (Å²) in [5.41, 5.74) is 6.03. The smallest absolute Gasteiger partial charge is 0.283 e. The summed E-state index contributed by atoms with van der Waals surface area (Å²) in [6.45, 7) is 3.39. The molecule has 1 amide bonds. The Hall–Kier alpha value is -1.47. The van der Waals surface area contributed by atoms with Crippen molar-refractivity contribution in [2.24, 2.45) is 5.73 Å². The first-order chi connectivity index (χ1) is 9.45. The Bertz CT molecular complexity index is 494. The lowest BCUT2D eigenvalue weighted by Gasteiger charge is -2.21. The van der Waals surface area contributed by atoms with Gasteiger partial charge in [0.1, 0.15) is 0 Å². The second-order valence-corrected chi connectivity index (χ2v) is 5.33. The largest absolute Gasteiger partial charge is 0.369 e. The lowest BCUT2D eigenvalue weighted by Crippen LogP contribution is -2.34. The highest BCUT2D eigenvalue weighted by molar-refractivity contribution is 9.10. The van der Waals surface area contributed by atoms with Crippen molar-refractivity contribution in [2.75, 3.05) is 13.1 Å². The van der Waals surface area contributed by atoms with E-state index in [9.17, 15) is 14.9 Å². The molecule has 0 spiro atoms. The molecule has 0 atom stereocenters. The molecule has 20 heavy (non-hydrogen) atoms. The van der Waals surface area contributed by atoms with Crippen LogP contribution in [0.5, 0.6) is 0 Å². The number of hydrogen-bond acceptors (Lipinski definition) is 4. The molecule has 1 aromatic carbocycles. The van der Waals surface area contributed by atoms with Gasteiger partial charge in [-0.3, -0.25) is 19.8 Å². The number of carbonyl (C=O) groups excluding carboxylic acids is 1. The van der Waals surface area contributed by atoms with Crippen LogP contribution >= 0.6 is 15.9 Å². The molecule has 7 heteroatoms. The van der Waals surface area contributed by atoms with Gasteiger partial charge in [-0.25, -0.2) is 0 Å². The summed E-state index contributed by atoms with van der Waals surface area (Å²) in [7, 11) is 0. The number of nitrogens with two attached hydrogens (primary N) is 1. The lowest BCUT2D eigenvalue weighted by atomic mass is 10.1. The van der Waals surface area contributed by atoms with Crippen molar-refractivity contribution in [3.8, 4) is 0 Å². The number of unbranched alkanes of at least 4 members (excludes halogenated alkanes) is 1. The van der Waals surface area contributed by atoms with Gasteiger partial charge in [-0.2, -0.15) is 0 Å². The van der Waals surface area contributed by atoms with Crippen LogP contribution in [0.1, 0.15) is 25.3 Å². The fraction of sp³-hybridized carbons (Fsp3) is 0.462. The monoisotopic (exact) mass is 343 g/mol. The number of rotatable bonds is 8. The van der Waals surface area contributed by atoms with Gasteiger partial charge in [-0.15, -0.1) is 0 Å². The predicted octanol–water partition coefficient (Wildman–Crippen LogP) is 2.44. The second-order valence-electron chi connectivity index (χ2n) is 4.54. The average molecular weight is 344 g/mol. The molecule has 0 aliphatic rings. The molecule has 1 rings (SSSR count). The summed E-state index contributed by atoms with van der Waals surface area (Å²) in [6, 6.07) is 4.88. The third-order valence-corrected chi connectivity index (χ3v) is 3.77. The molecule has 6 nitrogen and oxygen atoms in total. The number of primary amides is 1. The number of benzene rings is 1. The van der Waals surface area contributed by atoms with Crippen molar-refractivity contribution in [2.45, 2.75) is 26.3 Å². The number of carbonyl (C=O) groups is 1. The molecule has 0 heterocycles. The Labute approximate surface area is 126 Å². The fourth-order valence-electron chi connectivity index (χ4n) is 1.89. The SMILES string of the molecule is CCCCN(CC(N)=O)Cc1cccc([N+](=O)[O-])c1Br. The van der Waals surface area contributed by atoms with E-state index in [-0.39, 0.29) is 12.2 Å². The molecule has 2 N–H and O–H groups in total. The highest BCUT2D eigenvalue weighted by Crippen LogP contribution is 2.29. The van der Waals surface area contributed by atoms with Gasteiger partial charge in [0.05, 0.1) is 15.9 Å². The Balaban J connectivity index is 2.89. The first-order valence-electron chi connectivity index (χ1n) is 6.38. The van der Waals surface area contributed by atoms with Crippen molar-refractivity contribution in [1.29, 1.82) is 0 Å². The van der Waals surface area contributed by atoms with Crippen LogP contribution in [-0.2, 0) is 11.3 Å². The van der Waals surface area contributed by atoms with Crippen LogP contribution in [0.4, 0.5) is 5.69 Å². The topological polar surface area (TPSA) is 89.5 Å². The lowest BCUT2D eigenvalue weighted by molar-refractivity contribution is -0.385. The van der Waals surface area contributed by atoms with Gasteiger partial charge in [-0.05, 0) is 34.5 Å². The van der Waals surface area contributed by atoms with Crippen LogP contribution < -0.4 is 5.73 Å². The standard InChI is InChI=1S/C13H18BrN3O3/c1-2-3-7-16(9-12(15)18)8-10-5-4-6-11(13(10)14)17(19)20/h4-6H,2-3,7-9H2,1H3,(H2,15,18). The molecule has 0 aliphatic heterocycles. The fourth-order valence-corrected chi connectivity index (χ4v) is 2.42. The van der Waals surface area contributed by atoms with E-state index in [1.54, 1.807) is 12.1 Å². The maximum absolute atomic E-state index is 11.1. The number of halogens is 1. The van der Waals surface area contributed by atoms with E-state index < -0.39 is 10.8 Å². The molecular weight excluding hydrogens is 326 g/mol. The maximum Gasteiger partial charge on any atom is 0.283 e. The van der Waals surface area contributed by atoms with Crippen LogP contribution in [0.15, 0.2) is 22.7 Å². The predicted molar refractivity (Wildman–Crippen MR) is 80.2 cm³/mol. The molecule has 0 aliphatic carbocycles. The first kappa shape index (κ1) is 16.6. The summed E-state index contributed by atoms with van der Waals surface area (Å²) < 4.78 is 0.455. The average Bonchev–Trinajstić information content (AvgIpc) is 2.37. The van der Waals surface area contributed by atoms with Crippen molar-refractivity contribution in [3.63, 3.8) is 0 Å². The quantitative estimate of drug-likeness (QED) is 0.579. The van der Waals surface area contributed by atoms with Gasteiger partial charge in [0, 0.05) is 12.6 Å². The molecule has 1 aromatic rings. The van der Waals surface area contributed by atoms with Gasteiger partial charge < -0.3 is 5.73 Å². The van der Waals surface area contributed by atoms with Crippen molar-refractivity contribution in [1.82, 2.24) is 4.90 Å². The maximum atomic E-state index is 11.1. The number of hydrogen-bond donors (Lipinski definition) is 1. The normalized spacial score (nSPS) is 10.8. The Morgan fingerprint density at radius 2 is 2.20 bits per heavy atom. The zero-order valence-corrected chi connectivity index (χ0v) is 12.9. The highest BCUT2D eigenvalue weighted by atomic mass is 79.9. The number of nitro benzene ring substituents is 1. The first-order valence-corrected chi connectivity index (χ1v) is 7.17. The van der Waals surface area contributed by atoms with E-state index in [2.05, 4.69) is 22.9 Å². The van der Waals surface area contributed by atoms with E-state index in [1.165, 1.54) is 6.07 Å². The molecule has 0 aromatic heterocycles. The van der Waals surface area contributed by atoms with Gasteiger partial charge in [0.15, 0.2) is 0 Å².